The molecule has 0 fully saturated rings. The molecule has 8 nitrogen and oxygen atoms in total. The maximum atomic E-state index is 13.3. The Kier molecular flexibility index (Phi) is 12.1. The summed E-state index contributed by atoms with van der Waals surface area (Å²) in [5.41, 5.74) is 7.12. The molecule has 252 valence electrons. The van der Waals surface area contributed by atoms with Crippen LogP contribution in [0, 0.1) is 34.5 Å². The number of benzene rings is 3. The number of primary amides is 1. The number of hydrogen-bond donors (Lipinski definition) is 4. The molecule has 0 bridgehead atoms. The highest BCUT2D eigenvalue weighted by molar-refractivity contribution is 5.85. The molecule has 7 atom stereocenters. The van der Waals surface area contributed by atoms with Crippen LogP contribution >= 0.6 is 0 Å². The van der Waals surface area contributed by atoms with Gasteiger partial charge in [0.15, 0.2) is 0 Å². The highest BCUT2D eigenvalue weighted by Crippen LogP contribution is 2.49. The number of hydrogen-bond acceptors (Lipinski definition) is 4. The van der Waals surface area contributed by atoms with E-state index in [-0.39, 0.29) is 18.8 Å². The molecule has 0 aliphatic heterocycles. The number of carbonyl (C=O) groups is 4. The highest BCUT2D eigenvalue weighted by Gasteiger charge is 2.49. The Balaban J connectivity index is 2.23. The van der Waals surface area contributed by atoms with Crippen LogP contribution in [-0.4, -0.2) is 39.1 Å². The topological polar surface area (TPSA) is 155 Å². The predicted octanol–water partition coefficient (Wildman–Crippen LogP) is 7.41. The molecule has 0 aliphatic rings. The normalized spacial score (nSPS) is 16.6. The van der Waals surface area contributed by atoms with Crippen LogP contribution in [0.25, 0.3) is 0 Å². The Morgan fingerprint density at radius 2 is 0.957 bits per heavy atom. The van der Waals surface area contributed by atoms with Crippen molar-refractivity contribution < 1.29 is 34.5 Å². The van der Waals surface area contributed by atoms with Gasteiger partial charge in [0.1, 0.15) is 0 Å². The van der Waals surface area contributed by atoms with Crippen LogP contribution in [0.5, 0.6) is 0 Å². The summed E-state index contributed by atoms with van der Waals surface area (Å²) in [5.74, 6) is -12.3. The van der Waals surface area contributed by atoms with E-state index in [2.05, 4.69) is 0 Å². The van der Waals surface area contributed by atoms with E-state index >= 15 is 0 Å². The maximum absolute atomic E-state index is 13.3. The lowest BCUT2D eigenvalue weighted by Gasteiger charge is -2.41. The van der Waals surface area contributed by atoms with Crippen molar-refractivity contribution in [3.63, 3.8) is 0 Å². The van der Waals surface area contributed by atoms with E-state index in [9.17, 15) is 34.5 Å². The molecule has 7 unspecified atom stereocenters. The Morgan fingerprint density at radius 3 is 1.32 bits per heavy atom. The van der Waals surface area contributed by atoms with Crippen molar-refractivity contribution in [2.75, 3.05) is 0 Å². The second kappa shape index (κ2) is 15.4. The zero-order chi connectivity index (χ0) is 35.1. The summed E-state index contributed by atoms with van der Waals surface area (Å²) < 4.78 is 0. The van der Waals surface area contributed by atoms with Gasteiger partial charge in [0.2, 0.25) is 5.91 Å². The van der Waals surface area contributed by atoms with E-state index in [1.807, 2.05) is 102 Å². The predicted molar refractivity (Wildman–Crippen MR) is 182 cm³/mol. The van der Waals surface area contributed by atoms with Gasteiger partial charge in [0.25, 0.3) is 0 Å². The molecule has 3 aromatic rings. The van der Waals surface area contributed by atoms with Gasteiger partial charge in [0, 0.05) is 5.92 Å². The molecular formula is C39H49NO7. The SMILES string of the molecule is CC(C)(C)C(CC(C(=O)O)C(C(=O)O)C(CC(C(=O)O)C(C(N)=O)C(c1ccccc1)C(C)(C)C)c1ccccc1)c1ccccc1. The molecule has 0 spiro atoms. The molecule has 1 amide bonds. The van der Waals surface area contributed by atoms with Crippen molar-refractivity contribution in [2.45, 2.75) is 72.1 Å². The smallest absolute Gasteiger partial charge is 0.307 e. The summed E-state index contributed by atoms with van der Waals surface area (Å²) in [4.78, 5) is 52.9. The van der Waals surface area contributed by atoms with Crippen molar-refractivity contribution in [3.8, 4) is 0 Å². The van der Waals surface area contributed by atoms with Gasteiger partial charge < -0.3 is 21.1 Å². The summed E-state index contributed by atoms with van der Waals surface area (Å²) in [5, 5.41) is 32.3. The minimum absolute atomic E-state index is 0.00869. The second-order valence-corrected chi connectivity index (χ2v) is 14.8. The quantitative estimate of drug-likeness (QED) is 0.134. The molecule has 0 aliphatic carbocycles. The monoisotopic (exact) mass is 643 g/mol. The molecule has 0 aromatic heterocycles. The second-order valence-electron chi connectivity index (χ2n) is 14.8. The Bertz CT molecular complexity index is 1490. The van der Waals surface area contributed by atoms with Gasteiger partial charge in [-0.3, -0.25) is 19.2 Å². The Hall–Kier alpha value is -4.46. The average Bonchev–Trinajstić information content (AvgIpc) is 2.99. The molecule has 3 aromatic carbocycles. The minimum Gasteiger partial charge on any atom is -0.481 e. The number of amides is 1. The summed E-state index contributed by atoms with van der Waals surface area (Å²) >= 11 is 0. The fourth-order valence-corrected chi connectivity index (χ4v) is 7.32. The molecule has 3 rings (SSSR count). The average molecular weight is 644 g/mol. The van der Waals surface area contributed by atoms with E-state index in [0.29, 0.717) is 5.56 Å². The van der Waals surface area contributed by atoms with Crippen LogP contribution < -0.4 is 5.73 Å². The number of carboxylic acids is 3. The van der Waals surface area contributed by atoms with Crippen LogP contribution in [0.2, 0.25) is 0 Å². The number of carboxylic acid groups (broad SMARTS) is 3. The van der Waals surface area contributed by atoms with Crippen LogP contribution in [-0.2, 0) is 19.2 Å². The molecule has 0 radical (unpaired) electrons. The van der Waals surface area contributed by atoms with Gasteiger partial charge in [-0.15, -0.1) is 0 Å². The van der Waals surface area contributed by atoms with Gasteiger partial charge in [0.05, 0.1) is 23.7 Å². The molecule has 47 heavy (non-hydrogen) atoms. The number of carbonyl (C=O) groups excluding carboxylic acids is 1. The lowest BCUT2D eigenvalue weighted by molar-refractivity contribution is -0.157. The van der Waals surface area contributed by atoms with Gasteiger partial charge in [-0.05, 0) is 52.2 Å². The van der Waals surface area contributed by atoms with E-state index < -0.39 is 70.2 Å². The van der Waals surface area contributed by atoms with Crippen LogP contribution in [0.4, 0.5) is 0 Å². The van der Waals surface area contributed by atoms with Crippen LogP contribution in [0.3, 0.4) is 0 Å². The van der Waals surface area contributed by atoms with Crippen molar-refractivity contribution in [3.05, 3.63) is 108 Å². The molecule has 0 saturated carbocycles. The zero-order valence-corrected chi connectivity index (χ0v) is 28.2. The third-order valence-corrected chi connectivity index (χ3v) is 9.47. The molecular weight excluding hydrogens is 594 g/mol. The van der Waals surface area contributed by atoms with Crippen molar-refractivity contribution in [1.29, 1.82) is 0 Å². The fourth-order valence-electron chi connectivity index (χ4n) is 7.32. The molecule has 0 heterocycles. The molecule has 5 N–H and O–H groups in total. The van der Waals surface area contributed by atoms with Gasteiger partial charge in [-0.1, -0.05) is 133 Å². The van der Waals surface area contributed by atoms with Crippen molar-refractivity contribution in [2.24, 2.45) is 40.2 Å². The van der Waals surface area contributed by atoms with E-state index in [4.69, 9.17) is 5.73 Å². The minimum atomic E-state index is -1.51. The largest absolute Gasteiger partial charge is 0.481 e. The summed E-state index contributed by atoms with van der Waals surface area (Å²) in [7, 11) is 0. The standard InChI is InChI=1S/C39H49NO7/c1-38(2,3)30(25-18-12-8-13-19-25)23-29(36(44)45)31(37(46)47)27(24-16-10-7-11-17-24)22-28(35(42)43)32(34(40)41)33(39(4,5)6)26-20-14-9-15-21-26/h7-21,27-33H,22-23H2,1-6H3,(H2,40,41)(H,42,43)(H,44,45)(H,46,47). The number of rotatable bonds is 15. The zero-order valence-electron chi connectivity index (χ0n) is 28.2. The fraction of sp³-hybridized carbons (Fsp3) is 0.436. The van der Waals surface area contributed by atoms with E-state index in [1.165, 1.54) is 0 Å². The van der Waals surface area contributed by atoms with Crippen molar-refractivity contribution in [1.82, 2.24) is 0 Å². The summed E-state index contributed by atoms with van der Waals surface area (Å²) in [6.45, 7) is 11.7. The molecule has 0 saturated heterocycles. The molecule has 8 heteroatoms. The Morgan fingerprint density at radius 1 is 0.553 bits per heavy atom. The Labute approximate surface area is 278 Å². The van der Waals surface area contributed by atoms with E-state index in [1.54, 1.807) is 30.3 Å². The van der Waals surface area contributed by atoms with Gasteiger partial charge in [-0.25, -0.2) is 0 Å². The third-order valence-electron chi connectivity index (χ3n) is 9.47. The first-order valence-electron chi connectivity index (χ1n) is 16.1. The van der Waals surface area contributed by atoms with Crippen LogP contribution in [0.15, 0.2) is 91.0 Å². The first-order valence-corrected chi connectivity index (χ1v) is 16.1. The summed E-state index contributed by atoms with van der Waals surface area (Å²) in [6, 6.07) is 27.1. The third kappa shape index (κ3) is 9.31. The van der Waals surface area contributed by atoms with Gasteiger partial charge in [-0.2, -0.15) is 0 Å². The van der Waals surface area contributed by atoms with Crippen molar-refractivity contribution >= 4 is 23.8 Å². The van der Waals surface area contributed by atoms with Crippen LogP contribution in [0.1, 0.15) is 88.8 Å². The maximum Gasteiger partial charge on any atom is 0.307 e. The lowest BCUT2D eigenvalue weighted by atomic mass is 9.62. The first-order chi connectivity index (χ1) is 21.9. The van der Waals surface area contributed by atoms with E-state index in [0.717, 1.165) is 11.1 Å². The summed E-state index contributed by atoms with van der Waals surface area (Å²) in [6.07, 6.45) is -0.298. The first kappa shape index (κ1) is 37.0. The highest BCUT2D eigenvalue weighted by atomic mass is 16.4. The van der Waals surface area contributed by atoms with Gasteiger partial charge >= 0.3 is 17.9 Å². The number of aliphatic carboxylic acids is 3. The number of nitrogens with two attached hydrogens (primary N) is 1. The lowest BCUT2D eigenvalue weighted by Crippen LogP contribution is -2.44.